The van der Waals surface area contributed by atoms with Crippen LogP contribution in [0.15, 0.2) is 12.2 Å². The number of rotatable bonds is 26. The predicted octanol–water partition coefficient (Wildman–Crippen LogP) is 40.1. The van der Waals surface area contributed by atoms with Crippen LogP contribution < -0.4 is 0 Å². The highest BCUT2D eigenvalue weighted by Gasteiger charge is 2.71. The molecule has 0 heterocycles. The van der Waals surface area contributed by atoms with Crippen molar-refractivity contribution >= 4 is 47.3 Å². The van der Waals surface area contributed by atoms with Gasteiger partial charge in [0.15, 0.2) is 0 Å². The van der Waals surface area contributed by atoms with Gasteiger partial charge in [-0.15, -0.1) is 0 Å². The molecule has 0 aromatic rings. The second-order valence-electron chi connectivity index (χ2n) is 64.1. The summed E-state index contributed by atoms with van der Waals surface area (Å²) in [5, 5.41) is 9.82. The molecule has 148 heavy (non-hydrogen) atoms. The van der Waals surface area contributed by atoms with Gasteiger partial charge in [-0.2, -0.15) is 0 Å². The largest absolute Gasteiger partial charge is 0.396 e. The van der Waals surface area contributed by atoms with Crippen molar-refractivity contribution in [3.8, 4) is 0 Å². The van der Waals surface area contributed by atoms with Crippen molar-refractivity contribution in [3.63, 3.8) is 0 Å². The molecule has 58 atom stereocenters. The van der Waals surface area contributed by atoms with Crippen molar-refractivity contribution in [2.45, 2.75) is 546 Å². The normalized spacial score (nSPS) is 50.5. The van der Waals surface area contributed by atoms with Gasteiger partial charge in [-0.25, -0.2) is 0 Å². The van der Waals surface area contributed by atoms with Crippen LogP contribution in [-0.2, 0) is 22.6 Å². The van der Waals surface area contributed by atoms with Crippen molar-refractivity contribution in [1.29, 1.82) is 0 Å². The zero-order chi connectivity index (χ0) is 107. The van der Waals surface area contributed by atoms with Gasteiger partial charge in [-0.1, -0.05) is 284 Å². The molecule has 20 fully saturated rings. The maximum atomic E-state index is 9.82. The van der Waals surface area contributed by atoms with Gasteiger partial charge in [0, 0.05) is 53.9 Å². The highest BCUT2D eigenvalue weighted by Crippen LogP contribution is 2.77. The van der Waals surface area contributed by atoms with Crippen molar-refractivity contribution in [3.05, 3.63) is 12.2 Å². The molecule has 856 valence electrons. The van der Waals surface area contributed by atoms with Gasteiger partial charge in [-0.05, 0) is 541 Å². The number of aliphatic hydroxyl groups is 1. The van der Waals surface area contributed by atoms with Crippen molar-refractivity contribution in [2.75, 3.05) is 6.61 Å². The zero-order valence-corrected chi connectivity index (χ0v) is 109. The molecule has 20 saturated carbocycles. The fourth-order valence-corrected chi connectivity index (χ4v) is 49.1. The van der Waals surface area contributed by atoms with E-state index in [0.29, 0.717) is 109 Å². The molecule has 0 aromatic carbocycles. The summed E-state index contributed by atoms with van der Waals surface area (Å²) >= 11 is 0. The van der Waals surface area contributed by atoms with Crippen LogP contribution in [0, 0.1) is 297 Å². The molecule has 20 aliphatic rings. The molecule has 1 N–H and O–H groups in total. The summed E-state index contributed by atoms with van der Waals surface area (Å²) in [5.74, 6) is 34.8. The Morgan fingerprint density at radius 3 is 0.682 bits per heavy atom. The van der Waals surface area contributed by atoms with E-state index in [-0.39, 0.29) is 0 Å². The lowest BCUT2D eigenvalue weighted by Crippen LogP contribution is -2.58. The molecule has 0 amide bonds. The first-order valence-corrected chi connectivity index (χ1v) is 68.6. The lowest BCUT2D eigenvalue weighted by molar-refractivity contribution is -0.160. The summed E-state index contributed by atoms with van der Waals surface area (Å²) < 4.78 is 31.1. The van der Waals surface area contributed by atoms with E-state index in [0.717, 1.165) is 225 Å². The van der Waals surface area contributed by atoms with Crippen molar-refractivity contribution in [1.82, 2.24) is 0 Å². The monoisotopic (exact) mass is 2140 g/mol. The molecule has 0 aromatic heterocycles. The van der Waals surface area contributed by atoms with Crippen LogP contribution in [0.3, 0.4) is 0 Å². The molecule has 11 heteroatoms. The summed E-state index contributed by atoms with van der Waals surface area (Å²) in [6.45, 7) is 76.1. The minimum absolute atomic E-state index is 0.350. The van der Waals surface area contributed by atoms with Crippen LogP contribution in [0.5, 0.6) is 0 Å². The minimum atomic E-state index is 0.350. The Balaban J connectivity index is 0.000000132. The standard InChI is InChI=1S/2C30H55OP.C30H53OP.C24H43OP.C23H41O2P/c3*1-8-22(19(2)3)10-9-21(5)24-11-12-25-28-26(14-16-30(24,25)7)29(6)15-13-20(4)17-23(29)18-27(28)31-32;1-6-16(3)18-7-8-19-22-20(10-12-24(18,19)5)23(4)11-9-15(2)13-17(23)14-21(22)25-26;1-14-7-9-22(3)16(11-14)12-20(25-26)21-18-6-5-17(15(2)13-24)23(18,4)10-8-19(21)22/h2*19-28H,8-18,32H2,1-7H3;9-10,19-28H,8,11-18,32H2,1-7H3;15-22H,6-14,26H2,1-5H3;14-21,24H,5-13,26H2,1-4H3/b;;10-9+;;/t3*20-,21+,22+,23-,24+,25?,26?,27?,28-,29-,30+;15-,16+,17-,18+,19?,20?,21?,22-,23-,24+;14-,15+,16-,17+,18?,19?,20?,21-,22-,23+/m00000/s1. The van der Waals surface area contributed by atoms with Crippen LogP contribution in [0.1, 0.15) is 516 Å². The molecule has 20 rings (SSSR count). The molecular weight excluding hydrogens is 1900 g/mol. The SMILES string of the molecule is CC[C@@H](C)[C@H]1CCC2[C@@H]3C(OP)C[C@@H]4C[C@@H](C)CC[C@]4(C)C3CC[C@@]21C.CC[C@H](/C=C/[C@@H](C)[C@H]1CCC2[C@@H]3C(OP)C[C@@H]4C[C@@H](C)CC[C@]4(C)C3CC[C@@]21C)C(C)C.CC[C@H](CC[C@@H](C)[C@H]1CCC2[C@@H]3C(OP)C[C@@H]4C[C@@H](C)CC[C@]4(C)C3CC[C@@]21C)C(C)C.CC[C@H](CC[C@@H](C)[C@H]1CCC2[C@@H]3C(OP)C[C@@H]4C[C@@H](C)CC[C@]4(C)C3CC[C@@]21C)C(C)C.C[C@H]1CC[C@]2(C)C3CC[C@@]4(C)C(CC[C@@H]4[C@H](C)CO)[C@@H]3C(OP)C[C@@H]2C1. The molecule has 0 saturated heterocycles. The second-order valence-corrected chi connectivity index (χ2v) is 65.5. The fourth-order valence-electron chi connectivity index (χ4n) is 47.6. The maximum absolute atomic E-state index is 9.82. The molecule has 0 radical (unpaired) electrons. The number of allylic oxidation sites excluding steroid dienone is 2. The van der Waals surface area contributed by atoms with E-state index in [1.54, 1.807) is 0 Å². The van der Waals surface area contributed by atoms with Crippen LogP contribution in [0.4, 0.5) is 0 Å². The van der Waals surface area contributed by atoms with E-state index in [2.05, 4.69) is 267 Å². The van der Waals surface area contributed by atoms with E-state index in [4.69, 9.17) is 22.6 Å². The summed E-state index contributed by atoms with van der Waals surface area (Å²) in [5.41, 5.74) is 5.43. The second kappa shape index (κ2) is 49.6. The number of hydrogen-bond acceptors (Lipinski definition) is 6. The quantitative estimate of drug-likeness (QED) is 0.0688. The molecular formula is C137H247O6P5. The zero-order valence-electron chi connectivity index (χ0n) is 103. The van der Waals surface area contributed by atoms with Crippen molar-refractivity contribution < 1.29 is 27.7 Å². The van der Waals surface area contributed by atoms with Gasteiger partial charge in [0.2, 0.25) is 0 Å². The smallest absolute Gasteiger partial charge is 0.0647 e. The van der Waals surface area contributed by atoms with Crippen LogP contribution in [0.25, 0.3) is 0 Å². The number of aliphatic hydroxyl groups excluding tert-OH is 1. The topological polar surface area (TPSA) is 66.4 Å². The molecule has 0 bridgehead atoms. The van der Waals surface area contributed by atoms with E-state index in [9.17, 15) is 5.11 Å². The van der Waals surface area contributed by atoms with Gasteiger partial charge in [0.05, 0.1) is 30.5 Å². The van der Waals surface area contributed by atoms with Crippen LogP contribution in [-0.4, -0.2) is 42.2 Å². The Morgan fingerprint density at radius 2 is 0.466 bits per heavy atom. The van der Waals surface area contributed by atoms with Gasteiger partial charge in [0.25, 0.3) is 0 Å². The van der Waals surface area contributed by atoms with E-state index in [1.165, 1.54) is 308 Å². The highest BCUT2D eigenvalue weighted by atomic mass is 31.0. The Kier molecular flexibility index (Phi) is 40.9. The fraction of sp³-hybridized carbons (Fsp3) is 0.985. The number of fused-ring (bicyclic) bond motifs is 25. The Morgan fingerprint density at radius 1 is 0.243 bits per heavy atom. The Hall–Kier alpha value is 1.65. The summed E-state index contributed by atoms with van der Waals surface area (Å²) in [4.78, 5) is 0. The summed E-state index contributed by atoms with van der Waals surface area (Å²) in [7, 11) is 13.4. The lowest BCUT2D eigenvalue weighted by Gasteiger charge is -2.63. The van der Waals surface area contributed by atoms with Gasteiger partial charge in [-0.3, -0.25) is 0 Å². The van der Waals surface area contributed by atoms with E-state index in [1.807, 2.05) is 0 Å². The molecule has 6 nitrogen and oxygen atoms in total. The highest BCUT2D eigenvalue weighted by molar-refractivity contribution is 7.10. The predicted molar refractivity (Wildman–Crippen MR) is 648 cm³/mol. The summed E-state index contributed by atoms with van der Waals surface area (Å²) in [6, 6.07) is 0. The van der Waals surface area contributed by atoms with Crippen LogP contribution >= 0.6 is 47.3 Å². The number of hydrogen-bond donors (Lipinski definition) is 1. The van der Waals surface area contributed by atoms with E-state index < -0.39 is 0 Å². The summed E-state index contributed by atoms with van der Waals surface area (Å²) in [6.07, 6.45) is 75.8. The molecule has 0 aliphatic heterocycles. The Labute approximate surface area is 930 Å². The van der Waals surface area contributed by atoms with Gasteiger partial charge >= 0.3 is 0 Å². The molecule has 20 unspecified atom stereocenters. The molecule has 0 spiro atoms. The Bertz CT molecular complexity index is 3970. The molecule has 20 aliphatic carbocycles. The van der Waals surface area contributed by atoms with Gasteiger partial charge < -0.3 is 27.7 Å². The third-order valence-electron chi connectivity index (χ3n) is 57.1. The average Bonchev–Trinajstić information content (AvgIpc) is 1.42. The van der Waals surface area contributed by atoms with Crippen molar-refractivity contribution in [2.24, 2.45) is 297 Å². The lowest BCUT2D eigenvalue weighted by atomic mass is 9.43. The van der Waals surface area contributed by atoms with Gasteiger partial charge in [0.1, 0.15) is 0 Å². The maximum Gasteiger partial charge on any atom is 0.0647 e. The first-order chi connectivity index (χ1) is 70.1. The minimum Gasteiger partial charge on any atom is -0.396 e. The van der Waals surface area contributed by atoms with E-state index >= 15 is 0 Å². The first-order valence-electron chi connectivity index (χ1n) is 66.2. The average molecular weight is 2150 g/mol. The first kappa shape index (κ1) is 122. The van der Waals surface area contributed by atoms with Crippen LogP contribution in [0.2, 0.25) is 0 Å². The third kappa shape index (κ3) is 22.7. The third-order valence-corrected chi connectivity index (χ3v) is 58.8.